The largest absolute Gasteiger partial charge is 0.342 e. The van der Waals surface area contributed by atoms with Gasteiger partial charge in [0.05, 0.1) is 0 Å². The quantitative estimate of drug-likeness (QED) is 0.804. The number of halogens is 1. The van der Waals surface area contributed by atoms with Crippen LogP contribution in [0.1, 0.15) is 51.4 Å². The Hall–Kier alpha value is -0.280. The predicted octanol–water partition coefficient (Wildman–Crippen LogP) is 2.59. The molecule has 3 nitrogen and oxygen atoms in total. The van der Waals surface area contributed by atoms with Gasteiger partial charge >= 0.3 is 0 Å². The molecule has 3 rings (SSSR count). The summed E-state index contributed by atoms with van der Waals surface area (Å²) in [4.78, 5) is 14.8. The molecule has 1 spiro atoms. The van der Waals surface area contributed by atoms with Crippen LogP contribution in [0, 0.1) is 11.3 Å². The number of carbonyl (C=O) groups excluding carboxylic acids is 1. The summed E-state index contributed by atoms with van der Waals surface area (Å²) in [5.74, 6) is 0.763. The van der Waals surface area contributed by atoms with Crippen molar-refractivity contribution in [2.75, 3.05) is 26.2 Å². The fraction of sp³-hybridized carbons (Fsp3) is 0.933. The van der Waals surface area contributed by atoms with Gasteiger partial charge in [-0.25, -0.2) is 0 Å². The summed E-state index contributed by atoms with van der Waals surface area (Å²) in [7, 11) is 0. The predicted molar refractivity (Wildman–Crippen MR) is 79.6 cm³/mol. The van der Waals surface area contributed by atoms with Crippen LogP contribution in [0.4, 0.5) is 0 Å². The smallest absolute Gasteiger partial charge is 0.225 e. The molecule has 0 aromatic rings. The molecular weight excluding hydrogens is 260 g/mol. The summed E-state index contributed by atoms with van der Waals surface area (Å²) in [5.41, 5.74) is 0.526. The SMILES string of the molecule is Cl.O=C(C1CCCNCC1)N1CCC2(CCCC2)C1. The normalized spacial score (nSPS) is 30.1. The van der Waals surface area contributed by atoms with E-state index in [2.05, 4.69) is 10.2 Å². The van der Waals surface area contributed by atoms with E-state index >= 15 is 0 Å². The van der Waals surface area contributed by atoms with Gasteiger partial charge in [0.25, 0.3) is 0 Å². The molecule has 19 heavy (non-hydrogen) atoms. The molecule has 1 amide bonds. The molecule has 0 aromatic carbocycles. The maximum atomic E-state index is 12.6. The van der Waals surface area contributed by atoms with Gasteiger partial charge in [-0.05, 0) is 57.0 Å². The minimum absolute atomic E-state index is 0. The highest BCUT2D eigenvalue weighted by Crippen LogP contribution is 2.45. The van der Waals surface area contributed by atoms with E-state index in [0.29, 0.717) is 17.2 Å². The molecule has 2 aliphatic heterocycles. The van der Waals surface area contributed by atoms with Crippen molar-refractivity contribution in [2.24, 2.45) is 11.3 Å². The molecular formula is C15H27ClN2O. The number of likely N-dealkylation sites (tertiary alicyclic amines) is 1. The van der Waals surface area contributed by atoms with Crippen LogP contribution in [0.5, 0.6) is 0 Å². The fourth-order valence-corrected chi connectivity index (χ4v) is 4.18. The molecule has 110 valence electrons. The maximum absolute atomic E-state index is 12.6. The third kappa shape index (κ3) is 3.25. The summed E-state index contributed by atoms with van der Waals surface area (Å²) >= 11 is 0. The molecule has 1 unspecified atom stereocenters. The van der Waals surface area contributed by atoms with Crippen LogP contribution in [0.2, 0.25) is 0 Å². The van der Waals surface area contributed by atoms with Crippen molar-refractivity contribution in [3.05, 3.63) is 0 Å². The zero-order valence-corrected chi connectivity index (χ0v) is 12.6. The van der Waals surface area contributed by atoms with Gasteiger partial charge in [-0.2, -0.15) is 0 Å². The second-order valence-electron chi connectivity index (χ2n) is 6.59. The molecule has 3 fully saturated rings. The molecule has 1 N–H and O–H groups in total. The van der Waals surface area contributed by atoms with Crippen LogP contribution in [-0.2, 0) is 4.79 Å². The summed E-state index contributed by atoms with van der Waals surface area (Å²) in [6.07, 6.45) is 10.1. The van der Waals surface area contributed by atoms with E-state index in [1.807, 2.05) is 0 Å². The van der Waals surface area contributed by atoms with Gasteiger partial charge in [-0.3, -0.25) is 4.79 Å². The van der Waals surface area contributed by atoms with E-state index in [-0.39, 0.29) is 12.4 Å². The average Bonchev–Trinajstić information content (AvgIpc) is 2.92. The highest BCUT2D eigenvalue weighted by atomic mass is 35.5. The Labute approximate surface area is 122 Å². The summed E-state index contributed by atoms with van der Waals surface area (Å²) in [5, 5.41) is 3.40. The van der Waals surface area contributed by atoms with E-state index in [4.69, 9.17) is 0 Å². The minimum atomic E-state index is 0. The monoisotopic (exact) mass is 286 g/mol. The Kier molecular flexibility index (Phi) is 5.13. The lowest BCUT2D eigenvalue weighted by atomic mass is 9.85. The Morgan fingerprint density at radius 3 is 2.63 bits per heavy atom. The second kappa shape index (κ2) is 6.45. The van der Waals surface area contributed by atoms with Crippen LogP contribution in [-0.4, -0.2) is 37.0 Å². The Morgan fingerprint density at radius 1 is 1.05 bits per heavy atom. The highest BCUT2D eigenvalue weighted by Gasteiger charge is 2.42. The first kappa shape index (κ1) is 15.1. The molecule has 0 bridgehead atoms. The van der Waals surface area contributed by atoms with E-state index in [9.17, 15) is 4.79 Å². The number of hydrogen-bond acceptors (Lipinski definition) is 2. The van der Waals surface area contributed by atoms with Crippen molar-refractivity contribution in [3.63, 3.8) is 0 Å². The molecule has 2 heterocycles. The zero-order valence-electron chi connectivity index (χ0n) is 11.8. The Morgan fingerprint density at radius 2 is 1.84 bits per heavy atom. The number of carbonyl (C=O) groups is 1. The van der Waals surface area contributed by atoms with Crippen LogP contribution in [0.25, 0.3) is 0 Å². The first-order chi connectivity index (χ1) is 8.79. The van der Waals surface area contributed by atoms with Crippen molar-refractivity contribution in [2.45, 2.75) is 51.4 Å². The van der Waals surface area contributed by atoms with E-state index in [1.165, 1.54) is 32.1 Å². The number of rotatable bonds is 1. The summed E-state index contributed by atoms with van der Waals surface area (Å²) in [6.45, 7) is 4.21. The van der Waals surface area contributed by atoms with Gasteiger partial charge in [0.1, 0.15) is 0 Å². The fourth-order valence-electron chi connectivity index (χ4n) is 4.18. The molecule has 2 saturated heterocycles. The molecule has 1 atom stereocenters. The van der Waals surface area contributed by atoms with Crippen molar-refractivity contribution >= 4 is 18.3 Å². The molecule has 1 saturated carbocycles. The van der Waals surface area contributed by atoms with Gasteiger partial charge in [0.2, 0.25) is 5.91 Å². The van der Waals surface area contributed by atoms with Crippen molar-refractivity contribution in [3.8, 4) is 0 Å². The molecule has 4 heteroatoms. The number of amides is 1. The molecule has 0 aromatic heterocycles. The van der Waals surface area contributed by atoms with Gasteiger partial charge in [0, 0.05) is 19.0 Å². The summed E-state index contributed by atoms with van der Waals surface area (Å²) < 4.78 is 0. The third-order valence-electron chi connectivity index (χ3n) is 5.34. The van der Waals surface area contributed by atoms with E-state index < -0.39 is 0 Å². The average molecular weight is 287 g/mol. The molecule has 1 aliphatic carbocycles. The van der Waals surface area contributed by atoms with Crippen LogP contribution in [0.15, 0.2) is 0 Å². The van der Waals surface area contributed by atoms with Gasteiger partial charge < -0.3 is 10.2 Å². The summed E-state index contributed by atoms with van der Waals surface area (Å²) in [6, 6.07) is 0. The number of nitrogens with zero attached hydrogens (tertiary/aromatic N) is 1. The van der Waals surface area contributed by atoms with Gasteiger partial charge in [-0.15, -0.1) is 12.4 Å². The lowest BCUT2D eigenvalue weighted by Crippen LogP contribution is -2.36. The van der Waals surface area contributed by atoms with Gasteiger partial charge in [-0.1, -0.05) is 12.8 Å². The second-order valence-corrected chi connectivity index (χ2v) is 6.59. The number of hydrogen-bond donors (Lipinski definition) is 1. The van der Waals surface area contributed by atoms with E-state index in [0.717, 1.165) is 45.4 Å². The van der Waals surface area contributed by atoms with Crippen LogP contribution >= 0.6 is 12.4 Å². The lowest BCUT2D eigenvalue weighted by Gasteiger charge is -2.26. The first-order valence-corrected chi connectivity index (χ1v) is 7.79. The molecule has 0 radical (unpaired) electrons. The Bertz CT molecular complexity index is 307. The first-order valence-electron chi connectivity index (χ1n) is 7.79. The van der Waals surface area contributed by atoms with Crippen LogP contribution in [0.3, 0.4) is 0 Å². The van der Waals surface area contributed by atoms with Crippen LogP contribution < -0.4 is 5.32 Å². The van der Waals surface area contributed by atoms with Crippen molar-refractivity contribution in [1.82, 2.24) is 10.2 Å². The van der Waals surface area contributed by atoms with E-state index in [1.54, 1.807) is 0 Å². The Balaban J connectivity index is 0.00000133. The maximum Gasteiger partial charge on any atom is 0.225 e. The minimum Gasteiger partial charge on any atom is -0.342 e. The van der Waals surface area contributed by atoms with Gasteiger partial charge in [0.15, 0.2) is 0 Å². The zero-order chi connectivity index (χ0) is 12.4. The lowest BCUT2D eigenvalue weighted by molar-refractivity contribution is -0.135. The third-order valence-corrected chi connectivity index (χ3v) is 5.34. The van der Waals surface area contributed by atoms with Crippen molar-refractivity contribution < 1.29 is 4.79 Å². The highest BCUT2D eigenvalue weighted by molar-refractivity contribution is 5.85. The number of nitrogens with one attached hydrogen (secondary N) is 1. The molecule has 3 aliphatic rings. The standard InChI is InChI=1S/C15H26N2O.ClH/c18-14(13-4-3-9-16-10-5-13)17-11-8-15(12-17)6-1-2-7-15;/h13,16H,1-12H2;1H. The van der Waals surface area contributed by atoms with Crippen molar-refractivity contribution in [1.29, 1.82) is 0 Å². The topological polar surface area (TPSA) is 32.3 Å².